The molecule has 2 aliphatic heterocycles. The van der Waals surface area contributed by atoms with Crippen LogP contribution in [0.5, 0.6) is 0 Å². The van der Waals surface area contributed by atoms with Gasteiger partial charge in [0.2, 0.25) is 29.5 Å². The van der Waals surface area contributed by atoms with Crippen molar-refractivity contribution in [3.05, 3.63) is 222 Å². The lowest BCUT2D eigenvalue weighted by Crippen LogP contribution is -2.56. The molecule has 2 heterocycles. The van der Waals surface area contributed by atoms with Crippen molar-refractivity contribution in [2.75, 3.05) is 23.7 Å². The minimum absolute atomic E-state index is 0.0104. The van der Waals surface area contributed by atoms with E-state index in [1.807, 2.05) is 54.6 Å². The molecule has 6 N–H and O–H groups in total. The van der Waals surface area contributed by atoms with Gasteiger partial charge in [0, 0.05) is 85.7 Å². The number of hydrogen-bond donors (Lipinski definition) is 5. The van der Waals surface area contributed by atoms with Crippen LogP contribution in [0.3, 0.4) is 0 Å². The summed E-state index contributed by atoms with van der Waals surface area (Å²) in [4.78, 5) is 109. The number of fused-ring (bicyclic) bond motifs is 2. The van der Waals surface area contributed by atoms with E-state index in [-0.39, 0.29) is 116 Å². The van der Waals surface area contributed by atoms with E-state index in [9.17, 15) is 52.2 Å². The van der Waals surface area contributed by atoms with Crippen molar-refractivity contribution in [3.8, 4) is 0 Å². The second-order valence-corrected chi connectivity index (χ2v) is 20.1. The van der Waals surface area contributed by atoms with Crippen LogP contribution in [0.25, 0.3) is 20.9 Å². The molecule has 4 atom stereocenters. The third kappa shape index (κ3) is 19.3. The number of anilines is 2. The molecule has 0 saturated carbocycles. The number of carbonyl (C=O) groups excluding carboxylic acids is 7. The number of Topliss-reactive ketones (excluding diaryl/α,β-unsaturated/α-hetero) is 2. The van der Waals surface area contributed by atoms with E-state index in [1.54, 1.807) is 54.6 Å². The highest BCUT2D eigenvalue weighted by atomic mass is 35.5. The second kappa shape index (κ2) is 32.4. The first-order chi connectivity index (χ1) is 40.9. The molecule has 0 unspecified atom stereocenters. The lowest BCUT2D eigenvalue weighted by molar-refractivity contribution is -0.151. The van der Waals surface area contributed by atoms with Gasteiger partial charge in [-0.15, -0.1) is 0 Å². The largest absolute Gasteiger partial charge is 0.480 e. The number of ketones is 2. The first-order valence-corrected chi connectivity index (χ1v) is 27.3. The summed E-state index contributed by atoms with van der Waals surface area (Å²) >= 11 is 11.9. The van der Waals surface area contributed by atoms with E-state index < -0.39 is 59.5 Å². The van der Waals surface area contributed by atoms with Gasteiger partial charge in [-0.25, -0.2) is 13.6 Å². The Morgan fingerprint density at radius 2 is 0.988 bits per heavy atom. The number of aliphatic carboxylic acids is 1. The van der Waals surface area contributed by atoms with Crippen LogP contribution < -0.4 is 21.7 Å². The molecule has 0 aromatic heterocycles. The highest BCUT2D eigenvalue weighted by molar-refractivity contribution is 6.34. The van der Waals surface area contributed by atoms with E-state index >= 15 is 0 Å². The number of azide groups is 2. The van der Waals surface area contributed by atoms with Crippen molar-refractivity contribution in [1.82, 2.24) is 15.1 Å². The molecule has 6 aromatic carbocycles. The highest BCUT2D eigenvalue weighted by Gasteiger charge is 2.37. The summed E-state index contributed by atoms with van der Waals surface area (Å²) in [7, 11) is 0. The molecule has 0 spiro atoms. The van der Waals surface area contributed by atoms with E-state index in [4.69, 9.17) is 40.0 Å². The van der Waals surface area contributed by atoms with Crippen LogP contribution in [0, 0.1) is 11.6 Å². The average Bonchev–Trinajstić information content (AvgIpc) is 3.28. The Balaban J connectivity index is 0.000000227. The first-order valence-electron chi connectivity index (χ1n) is 26.6. The molecule has 0 fully saturated rings. The molecule has 2 aliphatic rings. The number of halogens is 4. The summed E-state index contributed by atoms with van der Waals surface area (Å²) < 4.78 is 26.7. The van der Waals surface area contributed by atoms with Gasteiger partial charge in [0.15, 0.2) is 11.6 Å². The van der Waals surface area contributed by atoms with Crippen LogP contribution in [0.4, 0.5) is 20.2 Å². The van der Waals surface area contributed by atoms with Crippen LogP contribution in [-0.4, -0.2) is 99.2 Å². The standard InChI is InChI=1S/C30H28ClFN6O4.C20H19NO4.C10H11ClFN5O/c31-23-11-10-22(32)17-25(23)36-29(41)24(14-15-34-37-33)35-30(42)26-16-20-8-4-5-9-21(20)18-38(26)28(40)13-12-27(39)19-6-2-1-3-7-19;22-18(14-6-2-1-3-7-14)10-11-19(23)21-13-16-9-5-4-8-15(16)12-17(21)20(24)25;11-7-2-1-6(12)5-9(7)16-10(18)8(13)3-4-15-17-14/h1-11,17,24,26H,12-16,18H2,(H,35,42)(H,36,41);1-9,17H,10-13H2,(H,24,25);1-2,5,8H,3-4,13H2,(H,16,18)/t24-,26-;17-;8-/m000/s1. The number of nitrogens with two attached hydrogens (primary N) is 1. The molecule has 0 radical (unpaired) electrons. The van der Waals surface area contributed by atoms with Gasteiger partial charge < -0.3 is 36.6 Å². The second-order valence-electron chi connectivity index (χ2n) is 19.3. The van der Waals surface area contributed by atoms with Gasteiger partial charge in [-0.05, 0) is 82.6 Å². The van der Waals surface area contributed by atoms with Gasteiger partial charge in [-0.1, -0.05) is 143 Å². The van der Waals surface area contributed by atoms with Crippen molar-refractivity contribution < 1.29 is 52.2 Å². The lowest BCUT2D eigenvalue weighted by Gasteiger charge is -2.36. The van der Waals surface area contributed by atoms with E-state index in [2.05, 4.69) is 36.0 Å². The summed E-state index contributed by atoms with van der Waals surface area (Å²) in [5.74, 6) is -4.95. The number of benzene rings is 6. The van der Waals surface area contributed by atoms with Crippen LogP contribution >= 0.6 is 23.2 Å². The Morgan fingerprint density at radius 3 is 1.45 bits per heavy atom. The van der Waals surface area contributed by atoms with Crippen LogP contribution in [0.1, 0.15) is 81.5 Å². The van der Waals surface area contributed by atoms with Gasteiger partial charge in [0.05, 0.1) is 27.5 Å². The molecule has 5 amide bonds. The SMILES string of the molecule is O=C(CCC(=O)N1Cc2ccccc2C[C@H]1C(=O)O)c1ccccc1.[N-]=[N+]=NCC[C@H](N)C(=O)Nc1cc(F)ccc1Cl.[N-]=[N+]=NCC[C@H](NC(=O)[C@@H]1Cc2ccccc2CN1C(=O)CCC(=O)c1ccccc1)C(=O)Nc1cc(F)ccc1Cl. The zero-order valence-electron chi connectivity index (χ0n) is 45.5. The number of hydrogen-bond acceptors (Lipinski definition) is 11. The van der Waals surface area contributed by atoms with Crippen molar-refractivity contribution in [1.29, 1.82) is 0 Å². The number of nitrogens with one attached hydrogen (secondary N) is 3. The zero-order valence-corrected chi connectivity index (χ0v) is 47.0. The van der Waals surface area contributed by atoms with E-state index in [0.29, 0.717) is 17.5 Å². The van der Waals surface area contributed by atoms with Gasteiger partial charge in [-0.2, -0.15) is 0 Å². The molecule has 25 heteroatoms. The van der Waals surface area contributed by atoms with Crippen molar-refractivity contribution >= 4 is 81.6 Å². The topological polar surface area (TPSA) is 323 Å². The predicted octanol–water partition coefficient (Wildman–Crippen LogP) is 10.4. The normalized spacial score (nSPS) is 14.4. The monoisotopic (exact) mass is 1200 g/mol. The fourth-order valence-corrected chi connectivity index (χ4v) is 9.39. The highest BCUT2D eigenvalue weighted by Crippen LogP contribution is 2.28. The molecule has 0 bridgehead atoms. The number of rotatable bonds is 21. The Bertz CT molecular complexity index is 3500. The zero-order chi connectivity index (χ0) is 61.4. The summed E-state index contributed by atoms with van der Waals surface area (Å²) in [5.41, 5.74) is 27.2. The molecule has 21 nitrogen and oxygen atoms in total. The Hall–Kier alpha value is -9.50. The Labute approximate surface area is 496 Å². The average molecular weight is 1200 g/mol. The first kappa shape index (κ1) is 64.7. The Morgan fingerprint density at radius 1 is 0.576 bits per heavy atom. The smallest absolute Gasteiger partial charge is 0.326 e. The molecular formula is C60H58Cl2F2N12O9. The maximum Gasteiger partial charge on any atom is 0.326 e. The van der Waals surface area contributed by atoms with Crippen LogP contribution in [0.15, 0.2) is 156 Å². The number of carboxylic acids is 1. The molecule has 0 aliphatic carbocycles. The van der Waals surface area contributed by atoms with E-state index in [1.165, 1.54) is 28.0 Å². The number of amides is 5. The summed E-state index contributed by atoms with van der Waals surface area (Å²) in [6.07, 6.45) is 0.595. The minimum atomic E-state index is -1.18. The van der Waals surface area contributed by atoms with Gasteiger partial charge in [0.25, 0.3) is 0 Å². The molecule has 6 aromatic rings. The molecule has 85 heavy (non-hydrogen) atoms. The van der Waals surface area contributed by atoms with Crippen LogP contribution in [0.2, 0.25) is 10.0 Å². The lowest BCUT2D eigenvalue weighted by atomic mass is 9.92. The maximum atomic E-state index is 13.8. The van der Waals surface area contributed by atoms with E-state index in [0.717, 1.165) is 40.5 Å². The molecular weight excluding hydrogens is 1140 g/mol. The summed E-state index contributed by atoms with van der Waals surface area (Å²) in [6.45, 7) is 0.429. The fourth-order valence-electron chi connectivity index (χ4n) is 9.06. The quantitative estimate of drug-likeness (QED) is 0.0196. The molecule has 8 rings (SSSR count). The predicted molar refractivity (Wildman–Crippen MR) is 314 cm³/mol. The molecule has 440 valence electrons. The summed E-state index contributed by atoms with van der Waals surface area (Å²) in [5, 5.41) is 24.1. The van der Waals surface area contributed by atoms with Gasteiger partial charge in [0.1, 0.15) is 29.8 Å². The number of carboxylic acid groups (broad SMARTS) is 1. The summed E-state index contributed by atoms with van der Waals surface area (Å²) in [6, 6.07) is 35.6. The fraction of sp³-hybridized carbons (Fsp3) is 0.267. The van der Waals surface area contributed by atoms with Crippen LogP contribution in [-0.2, 0) is 54.7 Å². The maximum absolute atomic E-state index is 13.8. The third-order valence-corrected chi connectivity index (χ3v) is 14.2. The number of carbonyl (C=O) groups is 8. The van der Waals surface area contributed by atoms with Crippen molar-refractivity contribution in [3.63, 3.8) is 0 Å². The molecule has 0 saturated heterocycles. The van der Waals surface area contributed by atoms with Crippen molar-refractivity contribution in [2.24, 2.45) is 16.0 Å². The van der Waals surface area contributed by atoms with Crippen molar-refractivity contribution in [2.45, 2.75) is 88.6 Å². The number of nitrogens with zero attached hydrogens (tertiary/aromatic N) is 8. The van der Waals surface area contributed by atoms with Gasteiger partial charge >= 0.3 is 5.97 Å². The third-order valence-electron chi connectivity index (χ3n) is 13.6. The van der Waals surface area contributed by atoms with Gasteiger partial charge in [-0.3, -0.25) is 33.6 Å². The minimum Gasteiger partial charge on any atom is -0.480 e. The Kier molecular flexibility index (Phi) is 24.6.